The number of aryl methyl sites for hydroxylation is 6. The van der Waals surface area contributed by atoms with Crippen LogP contribution in [0.15, 0.2) is 313 Å². The predicted octanol–water partition coefficient (Wildman–Crippen LogP) is 36.6. The highest BCUT2D eigenvalue weighted by Crippen LogP contribution is 2.56. The van der Waals surface area contributed by atoms with Crippen LogP contribution in [0.1, 0.15) is 135 Å². The first-order valence-corrected chi connectivity index (χ1v) is 45.2. The average Bonchev–Trinajstić information content (AvgIpc) is 0.760. The van der Waals surface area contributed by atoms with Gasteiger partial charge in [-0.05, 0) is 253 Å². The second kappa shape index (κ2) is 30.5. The zero-order chi connectivity index (χ0) is 85.1. The molecule has 0 fully saturated rings. The molecule has 0 spiro atoms. The van der Waals surface area contributed by atoms with Gasteiger partial charge in [-0.15, -0.1) is 0 Å². The molecular weight excluding hydrogens is 1640 g/mol. The molecule has 124 heavy (non-hydrogen) atoms. The van der Waals surface area contributed by atoms with Crippen molar-refractivity contribution in [2.24, 2.45) is 0 Å². The molecule has 0 aliphatic heterocycles. The fraction of sp³-hybridized carbons (Fsp3) is 0.155. The largest absolute Gasteiger partial charge is 0.454 e. The first-order valence-electron chi connectivity index (χ1n) is 43.6. The van der Waals surface area contributed by atoms with Crippen LogP contribution in [-0.4, -0.2) is 0 Å². The molecule has 0 saturated carbocycles. The van der Waals surface area contributed by atoms with Crippen molar-refractivity contribution in [3.8, 4) is 0 Å². The number of benzene rings is 20. The predicted molar refractivity (Wildman–Crippen MR) is 540 cm³/mol. The molecule has 606 valence electrons. The Morgan fingerprint density at radius 1 is 0.250 bits per heavy atom. The lowest BCUT2D eigenvalue weighted by molar-refractivity contribution is 0.669. The third kappa shape index (κ3) is 12.7. The topological polar surface area (TPSA) is 57.9 Å². The molecule has 0 atom stereocenters. The van der Waals surface area contributed by atoms with Crippen molar-refractivity contribution in [1.82, 2.24) is 0 Å². The van der Waals surface area contributed by atoms with E-state index >= 15 is 0 Å². The fourth-order valence-corrected chi connectivity index (χ4v) is 21.3. The Hall–Kier alpha value is -13.0. The molecule has 8 heteroatoms. The number of anilines is 8. The summed E-state index contributed by atoms with van der Waals surface area (Å²) in [6, 6.07) is 107. The highest BCUT2D eigenvalue weighted by molar-refractivity contribution is 9.11. The van der Waals surface area contributed by atoms with E-state index in [1.54, 1.807) is 0 Å². The van der Waals surface area contributed by atoms with E-state index in [1.165, 1.54) is 162 Å². The van der Waals surface area contributed by atoms with E-state index in [4.69, 9.17) is 13.3 Å². The van der Waals surface area contributed by atoms with E-state index in [0.717, 1.165) is 111 Å². The van der Waals surface area contributed by atoms with Crippen LogP contribution < -0.4 is 15.1 Å². The van der Waals surface area contributed by atoms with Gasteiger partial charge in [0.25, 0.3) is 0 Å². The molecule has 1 N–H and O–H groups in total. The maximum Gasteiger partial charge on any atom is 0.159 e. The number of hydrogen-bond acceptors (Lipinski definition) is 6. The summed E-state index contributed by atoms with van der Waals surface area (Å²) >= 11 is 7.63. The van der Waals surface area contributed by atoms with E-state index in [1.807, 2.05) is 12.1 Å². The van der Waals surface area contributed by atoms with Gasteiger partial charge in [-0.3, -0.25) is 0 Å². The maximum atomic E-state index is 7.00. The molecule has 3 heterocycles. The summed E-state index contributed by atoms with van der Waals surface area (Å²) in [6.07, 6.45) is 0. The Balaban J connectivity index is 0.000000152. The van der Waals surface area contributed by atoms with Crippen LogP contribution in [0, 0.1) is 41.5 Å². The second-order valence-corrected chi connectivity index (χ2v) is 37.3. The molecule has 0 radical (unpaired) electrons. The number of rotatable bonds is 12. The first-order chi connectivity index (χ1) is 60.1. The van der Waals surface area contributed by atoms with Gasteiger partial charge in [0.2, 0.25) is 0 Å². The van der Waals surface area contributed by atoms with Gasteiger partial charge in [0.15, 0.2) is 16.7 Å². The van der Waals surface area contributed by atoms with Crippen molar-refractivity contribution in [1.29, 1.82) is 0 Å². The quantitative estimate of drug-likeness (QED) is 0.123. The van der Waals surface area contributed by atoms with Crippen LogP contribution in [-0.2, 0) is 0 Å². The molecule has 0 saturated heterocycles. The van der Waals surface area contributed by atoms with E-state index in [9.17, 15) is 0 Å². The standard InChI is InChI=1S/C70H56N2O2.C24H19NO.C22H20Br2/c1-39(2)55-37-61(71(67-43(7)25-29-45-27-23-41(5)35-57(45)67)59-19-13-17-51-47-15-9-11-21-63(47)73-69(51)59)53-34-32-50-56(40(3)4)38-62(54-33-31-49(55)65(53)66(50)54)72(68-44(8)26-30-46-28-24-42(6)36-58(46)68)60-20-14-18-52-48-16-10-12-22-64(48)74-70(52)60;1-15-10-12-17-13-11-16(2)23(20(17)14-15)25-21-8-5-7-19-18-6-3-4-9-22(18)26-24(19)21;1-11(2)17-9-19(23)15-8-6-14-18(12(3)4)10-20(24)16-7-5-13(17)21(15)22(14)16/h9-40H,1-8H3;3-14,25H,1-2H3;5-12H,1-4H3. The van der Waals surface area contributed by atoms with Gasteiger partial charge in [0.1, 0.15) is 16.7 Å². The van der Waals surface area contributed by atoms with Crippen molar-refractivity contribution < 1.29 is 13.3 Å². The van der Waals surface area contributed by atoms with Crippen LogP contribution >= 0.6 is 31.9 Å². The normalized spacial score (nSPS) is 12.2. The van der Waals surface area contributed by atoms with Crippen LogP contribution in [0.3, 0.4) is 0 Å². The van der Waals surface area contributed by atoms with Gasteiger partial charge in [-0.25, -0.2) is 0 Å². The molecule has 0 aliphatic rings. The number of halogens is 2. The minimum atomic E-state index is 0.214. The van der Waals surface area contributed by atoms with E-state index in [0.29, 0.717) is 11.8 Å². The third-order valence-corrected chi connectivity index (χ3v) is 27.5. The molecule has 3 aromatic heterocycles. The Kier molecular flexibility index (Phi) is 19.3. The summed E-state index contributed by atoms with van der Waals surface area (Å²) in [5, 5.41) is 33.3. The summed E-state index contributed by atoms with van der Waals surface area (Å²) in [5.74, 6) is 1.43. The van der Waals surface area contributed by atoms with Crippen molar-refractivity contribution in [3.63, 3.8) is 0 Å². The summed E-state index contributed by atoms with van der Waals surface area (Å²) in [7, 11) is 0. The smallest absolute Gasteiger partial charge is 0.159 e. The number of nitrogens with zero attached hydrogens (tertiary/aromatic N) is 2. The Morgan fingerprint density at radius 3 is 0.976 bits per heavy atom. The minimum Gasteiger partial charge on any atom is -0.454 e. The SMILES string of the molecule is CC(C)c1cc(Br)c2ccc3c(C(C)C)cc(Br)c4ccc1c2c43.Cc1ccc2ccc(C)c(N(c3cc(C(C)C)c4ccc5c(N(c6c(C)ccc7ccc(C)cc67)c6cccc7c6oc6ccccc67)cc(C(C)C)c6ccc3c4c65)c3cccc4c3oc3ccccc34)c2c1.Cc1ccc2ccc(C)c(Nc3cccc4c3oc3ccccc34)c2c1. The lowest BCUT2D eigenvalue weighted by atomic mass is 9.83. The van der Waals surface area contributed by atoms with E-state index in [2.05, 4.69) is 423 Å². The van der Waals surface area contributed by atoms with Crippen molar-refractivity contribution in [2.75, 3.05) is 15.1 Å². The van der Waals surface area contributed by atoms with Crippen LogP contribution in [0.25, 0.3) is 163 Å². The number of furan rings is 3. The van der Waals surface area contributed by atoms with Gasteiger partial charge >= 0.3 is 0 Å². The Labute approximate surface area is 739 Å². The molecule has 6 nitrogen and oxygen atoms in total. The summed E-state index contributed by atoms with van der Waals surface area (Å²) in [4.78, 5) is 5.08. The summed E-state index contributed by atoms with van der Waals surface area (Å²) < 4.78 is 22.5. The number of nitrogens with one attached hydrogen (secondary N) is 1. The third-order valence-electron chi connectivity index (χ3n) is 26.2. The molecule has 23 aromatic rings. The molecule has 0 bridgehead atoms. The van der Waals surface area contributed by atoms with Crippen LogP contribution in [0.4, 0.5) is 45.5 Å². The molecule has 0 amide bonds. The van der Waals surface area contributed by atoms with E-state index < -0.39 is 0 Å². The highest BCUT2D eigenvalue weighted by Gasteiger charge is 2.32. The summed E-state index contributed by atoms with van der Waals surface area (Å²) in [5.41, 5.74) is 26.8. The van der Waals surface area contributed by atoms with E-state index in [-0.39, 0.29) is 11.8 Å². The highest BCUT2D eigenvalue weighted by atomic mass is 79.9. The van der Waals surface area contributed by atoms with Gasteiger partial charge in [0.05, 0.1) is 39.8 Å². The zero-order valence-electron chi connectivity index (χ0n) is 72.4. The summed E-state index contributed by atoms with van der Waals surface area (Å²) in [6.45, 7) is 31.7. The molecule has 0 unspecified atom stereocenters. The fourth-order valence-electron chi connectivity index (χ4n) is 20.1. The van der Waals surface area contributed by atoms with Crippen LogP contribution in [0.2, 0.25) is 0 Å². The monoisotopic (exact) mass is 1740 g/mol. The number of fused-ring (bicyclic) bond motifs is 12. The number of para-hydroxylation sites is 6. The van der Waals surface area contributed by atoms with Crippen molar-refractivity contribution >= 4 is 240 Å². The Bertz CT molecular complexity index is 7900. The molecule has 23 rings (SSSR count). The number of hydrogen-bond donors (Lipinski definition) is 1. The van der Waals surface area contributed by atoms with Crippen LogP contribution in [0.5, 0.6) is 0 Å². The van der Waals surface area contributed by atoms with Gasteiger partial charge in [-0.2, -0.15) is 0 Å². The minimum absolute atomic E-state index is 0.214. The van der Waals surface area contributed by atoms with Gasteiger partial charge < -0.3 is 28.4 Å². The second-order valence-electron chi connectivity index (χ2n) is 35.6. The lowest BCUT2D eigenvalue weighted by Crippen LogP contribution is -2.15. The first kappa shape index (κ1) is 78.3. The van der Waals surface area contributed by atoms with Gasteiger partial charge in [-0.1, -0.05) is 316 Å². The molecule has 20 aromatic carbocycles. The maximum absolute atomic E-state index is 7.00. The molecule has 0 aliphatic carbocycles. The lowest BCUT2D eigenvalue weighted by Gasteiger charge is -2.33. The molecular formula is C116H95Br2N3O3. The Morgan fingerprint density at radius 2 is 0.565 bits per heavy atom. The van der Waals surface area contributed by atoms with Crippen molar-refractivity contribution in [3.05, 3.63) is 356 Å². The van der Waals surface area contributed by atoms with Gasteiger partial charge in [0, 0.05) is 73.9 Å². The van der Waals surface area contributed by atoms with Crippen molar-refractivity contribution in [2.45, 2.75) is 121 Å². The zero-order valence-corrected chi connectivity index (χ0v) is 75.6. The average molecular weight is 1740 g/mol.